The Morgan fingerprint density at radius 1 is 1.52 bits per heavy atom. The number of aliphatic carboxylic acids is 1. The number of tetrazole rings is 1. The molecule has 1 N–H and O–H groups in total. The summed E-state index contributed by atoms with van der Waals surface area (Å²) in [5.74, 6) is -0.254. The third-order valence-electron chi connectivity index (χ3n) is 3.84. The molecule has 1 aliphatic rings. The van der Waals surface area contributed by atoms with Gasteiger partial charge in [0.1, 0.15) is 0 Å². The van der Waals surface area contributed by atoms with Crippen molar-refractivity contribution in [2.45, 2.75) is 26.3 Å². The summed E-state index contributed by atoms with van der Waals surface area (Å²) in [6.45, 7) is 3.02. The van der Waals surface area contributed by atoms with E-state index in [0.717, 1.165) is 10.6 Å². The molecule has 2 aromatic rings. The molecule has 9 heteroatoms. The van der Waals surface area contributed by atoms with Crippen molar-refractivity contribution in [1.82, 2.24) is 25.2 Å². The highest BCUT2D eigenvalue weighted by Crippen LogP contribution is 2.34. The van der Waals surface area contributed by atoms with Crippen LogP contribution in [0.2, 0.25) is 0 Å². The first-order valence-corrected chi connectivity index (χ1v) is 7.48. The topological polar surface area (TPSA) is 103 Å². The van der Waals surface area contributed by atoms with Gasteiger partial charge in [-0.3, -0.25) is 4.79 Å². The van der Waals surface area contributed by atoms with Gasteiger partial charge in [0.25, 0.3) is 0 Å². The molecule has 0 unspecified atom stereocenters. The fourth-order valence-corrected chi connectivity index (χ4v) is 3.27. The molecule has 8 nitrogen and oxygen atoms in total. The second-order valence-corrected chi connectivity index (χ2v) is 5.98. The molecule has 3 rings (SSSR count). The second kappa shape index (κ2) is 5.49. The average molecular weight is 309 g/mol. The minimum Gasteiger partial charge on any atom is -0.481 e. The molecule has 1 aliphatic heterocycles. The Labute approximate surface area is 124 Å². The summed E-state index contributed by atoms with van der Waals surface area (Å²) in [6, 6.07) is 0. The number of aryl methyl sites for hydroxylation is 1. The van der Waals surface area contributed by atoms with E-state index in [-0.39, 0.29) is 6.54 Å². The van der Waals surface area contributed by atoms with Crippen molar-refractivity contribution >= 4 is 17.3 Å². The molecular weight excluding hydrogens is 294 g/mol. The maximum absolute atomic E-state index is 11.7. The van der Waals surface area contributed by atoms with Gasteiger partial charge in [-0.2, -0.15) is 0 Å². The Kier molecular flexibility index (Phi) is 3.68. The number of hydrogen-bond donors (Lipinski definition) is 1. The van der Waals surface area contributed by atoms with Crippen molar-refractivity contribution in [3.63, 3.8) is 0 Å². The first-order chi connectivity index (χ1) is 10.1. The summed E-state index contributed by atoms with van der Waals surface area (Å²) >= 11 is 1.44. The quantitative estimate of drug-likeness (QED) is 0.898. The molecule has 0 aromatic carbocycles. The molecular formula is C12H15N5O3S. The summed E-state index contributed by atoms with van der Waals surface area (Å²) in [5, 5.41) is 21.3. The zero-order valence-electron chi connectivity index (χ0n) is 11.5. The molecule has 3 heterocycles. The molecule has 0 saturated carbocycles. The Hall–Kier alpha value is -1.87. The van der Waals surface area contributed by atoms with Crippen molar-refractivity contribution in [3.05, 3.63) is 11.2 Å². The molecule has 1 fully saturated rings. The highest BCUT2D eigenvalue weighted by atomic mass is 32.1. The maximum atomic E-state index is 11.7. The van der Waals surface area contributed by atoms with Gasteiger partial charge in [-0.25, -0.2) is 9.67 Å². The van der Waals surface area contributed by atoms with E-state index in [1.165, 1.54) is 11.3 Å². The lowest BCUT2D eigenvalue weighted by atomic mass is 9.80. The SMILES string of the molecule is Cc1ncsc1-c1nnnn1CC1(C(=O)O)CCOCC1. The first kappa shape index (κ1) is 14.1. The third-order valence-corrected chi connectivity index (χ3v) is 4.76. The van der Waals surface area contributed by atoms with E-state index >= 15 is 0 Å². The van der Waals surface area contributed by atoms with Gasteiger partial charge in [0.2, 0.25) is 0 Å². The van der Waals surface area contributed by atoms with E-state index in [4.69, 9.17) is 4.74 Å². The number of carbonyl (C=O) groups is 1. The first-order valence-electron chi connectivity index (χ1n) is 6.60. The second-order valence-electron chi connectivity index (χ2n) is 5.12. The van der Waals surface area contributed by atoms with E-state index < -0.39 is 11.4 Å². The van der Waals surface area contributed by atoms with Crippen molar-refractivity contribution < 1.29 is 14.6 Å². The Bertz CT molecular complexity index is 647. The van der Waals surface area contributed by atoms with Crippen LogP contribution in [-0.2, 0) is 16.1 Å². The lowest BCUT2D eigenvalue weighted by Gasteiger charge is -2.32. The van der Waals surface area contributed by atoms with Crippen LogP contribution in [0.3, 0.4) is 0 Å². The van der Waals surface area contributed by atoms with Gasteiger partial charge in [0.15, 0.2) is 5.82 Å². The summed E-state index contributed by atoms with van der Waals surface area (Å²) in [5.41, 5.74) is 1.69. The van der Waals surface area contributed by atoms with Crippen molar-refractivity contribution in [3.8, 4) is 10.7 Å². The van der Waals surface area contributed by atoms with Crippen molar-refractivity contribution in [2.24, 2.45) is 5.41 Å². The van der Waals surface area contributed by atoms with Crippen LogP contribution in [0.4, 0.5) is 0 Å². The fourth-order valence-electron chi connectivity index (χ4n) is 2.48. The molecule has 112 valence electrons. The Morgan fingerprint density at radius 2 is 2.29 bits per heavy atom. The predicted molar refractivity (Wildman–Crippen MR) is 73.8 cm³/mol. The molecule has 0 radical (unpaired) electrons. The number of hydrogen-bond acceptors (Lipinski definition) is 7. The van der Waals surface area contributed by atoms with E-state index in [1.807, 2.05) is 6.92 Å². The number of nitrogens with zero attached hydrogens (tertiary/aromatic N) is 5. The average Bonchev–Trinajstić information content (AvgIpc) is 3.08. The maximum Gasteiger partial charge on any atom is 0.311 e. The lowest BCUT2D eigenvalue weighted by Crippen LogP contribution is -2.41. The van der Waals surface area contributed by atoms with Gasteiger partial charge >= 0.3 is 5.97 Å². The number of carboxylic acid groups (broad SMARTS) is 1. The number of carboxylic acids is 1. The van der Waals surface area contributed by atoms with E-state index in [1.54, 1.807) is 10.2 Å². The van der Waals surface area contributed by atoms with Gasteiger partial charge in [-0.15, -0.1) is 16.4 Å². The third kappa shape index (κ3) is 2.54. The highest BCUT2D eigenvalue weighted by Gasteiger charge is 2.41. The van der Waals surface area contributed by atoms with Gasteiger partial charge in [0.05, 0.1) is 28.0 Å². The Morgan fingerprint density at radius 3 is 2.90 bits per heavy atom. The standard InChI is InChI=1S/C12H15N5O3S/c1-8-9(21-7-13-8)10-14-15-16-17(10)6-12(11(18)19)2-4-20-5-3-12/h7H,2-6H2,1H3,(H,18,19). The molecule has 1 saturated heterocycles. The molecule has 0 spiro atoms. The largest absolute Gasteiger partial charge is 0.481 e. The molecule has 0 bridgehead atoms. The van der Waals surface area contributed by atoms with Crippen LogP contribution in [0.5, 0.6) is 0 Å². The molecule has 0 aliphatic carbocycles. The monoisotopic (exact) mass is 309 g/mol. The van der Waals surface area contributed by atoms with Crippen LogP contribution >= 0.6 is 11.3 Å². The Balaban J connectivity index is 1.93. The van der Waals surface area contributed by atoms with E-state index in [0.29, 0.717) is 31.9 Å². The summed E-state index contributed by atoms with van der Waals surface area (Å²) in [6.07, 6.45) is 0.923. The van der Waals surface area contributed by atoms with Gasteiger partial charge in [-0.05, 0) is 30.2 Å². The molecule has 0 atom stereocenters. The zero-order chi connectivity index (χ0) is 14.9. The molecule has 2 aromatic heterocycles. The van der Waals surface area contributed by atoms with E-state index in [9.17, 15) is 9.90 Å². The van der Waals surface area contributed by atoms with Crippen LogP contribution in [0.25, 0.3) is 10.7 Å². The molecule has 0 amide bonds. The van der Waals surface area contributed by atoms with E-state index in [2.05, 4.69) is 20.5 Å². The van der Waals surface area contributed by atoms with Gasteiger partial charge in [-0.1, -0.05) is 0 Å². The van der Waals surface area contributed by atoms with Crippen LogP contribution in [0.15, 0.2) is 5.51 Å². The minimum absolute atomic E-state index is 0.241. The fraction of sp³-hybridized carbons (Fsp3) is 0.583. The summed E-state index contributed by atoms with van der Waals surface area (Å²) in [7, 11) is 0. The van der Waals surface area contributed by atoms with Crippen LogP contribution < -0.4 is 0 Å². The smallest absolute Gasteiger partial charge is 0.311 e. The predicted octanol–water partition coefficient (Wildman–Crippen LogP) is 0.986. The minimum atomic E-state index is -0.874. The van der Waals surface area contributed by atoms with Crippen LogP contribution in [0, 0.1) is 12.3 Å². The number of ether oxygens (including phenoxy) is 1. The lowest BCUT2D eigenvalue weighted by molar-refractivity contribution is -0.156. The number of aromatic nitrogens is 5. The molecule has 21 heavy (non-hydrogen) atoms. The number of thiazole rings is 1. The van der Waals surface area contributed by atoms with Crippen LogP contribution in [-0.4, -0.2) is 49.5 Å². The zero-order valence-corrected chi connectivity index (χ0v) is 12.3. The number of rotatable bonds is 4. The summed E-state index contributed by atoms with van der Waals surface area (Å²) < 4.78 is 6.85. The van der Waals surface area contributed by atoms with Crippen molar-refractivity contribution in [2.75, 3.05) is 13.2 Å². The normalized spacial score (nSPS) is 17.8. The van der Waals surface area contributed by atoms with Crippen LogP contribution in [0.1, 0.15) is 18.5 Å². The van der Waals surface area contributed by atoms with Gasteiger partial charge < -0.3 is 9.84 Å². The van der Waals surface area contributed by atoms with Gasteiger partial charge in [0, 0.05) is 13.2 Å². The highest BCUT2D eigenvalue weighted by molar-refractivity contribution is 7.13. The van der Waals surface area contributed by atoms with Crippen molar-refractivity contribution in [1.29, 1.82) is 0 Å². The summed E-state index contributed by atoms with van der Waals surface area (Å²) in [4.78, 5) is 16.8.